The van der Waals surface area contributed by atoms with Crippen molar-refractivity contribution in [1.82, 2.24) is 10.1 Å². The van der Waals surface area contributed by atoms with Crippen LogP contribution in [0.25, 0.3) is 21.5 Å². The van der Waals surface area contributed by atoms with Gasteiger partial charge in [-0.05, 0) is 37.3 Å². The third kappa shape index (κ3) is 3.54. The molecule has 8 heteroatoms. The number of para-hydroxylation sites is 1. The van der Waals surface area contributed by atoms with Gasteiger partial charge in [0.25, 0.3) is 5.91 Å². The van der Waals surface area contributed by atoms with E-state index >= 15 is 0 Å². The van der Waals surface area contributed by atoms with Crippen LogP contribution in [0.1, 0.15) is 17.4 Å². The molecule has 1 N–H and O–H groups in total. The Kier molecular flexibility index (Phi) is 4.94. The number of carbonyl (C=O) groups excluding carboxylic acids is 1. The van der Waals surface area contributed by atoms with E-state index in [9.17, 15) is 4.79 Å². The van der Waals surface area contributed by atoms with Gasteiger partial charge < -0.3 is 14.0 Å². The molecule has 7 nitrogen and oxygen atoms in total. The van der Waals surface area contributed by atoms with Gasteiger partial charge in [-0.25, -0.2) is 4.98 Å². The van der Waals surface area contributed by atoms with E-state index in [0.717, 1.165) is 21.5 Å². The lowest BCUT2D eigenvalue weighted by Crippen LogP contribution is -2.11. The number of nitrogens with zero attached hydrogens (tertiary/aromatic N) is 2. The van der Waals surface area contributed by atoms with Gasteiger partial charge in [-0.1, -0.05) is 28.6 Å². The lowest BCUT2D eigenvalue weighted by molar-refractivity contribution is 0.101. The highest BCUT2D eigenvalue weighted by molar-refractivity contribution is 7.22. The molecule has 2 aromatic carbocycles. The van der Waals surface area contributed by atoms with Gasteiger partial charge in [0.1, 0.15) is 11.5 Å². The molecule has 1 amide bonds. The van der Waals surface area contributed by atoms with Crippen molar-refractivity contribution in [3.63, 3.8) is 0 Å². The maximum atomic E-state index is 12.5. The molecule has 0 aliphatic heterocycles. The van der Waals surface area contributed by atoms with Crippen molar-refractivity contribution in [3.8, 4) is 22.8 Å². The smallest absolute Gasteiger partial charge is 0.279 e. The van der Waals surface area contributed by atoms with E-state index in [1.165, 1.54) is 11.3 Å². The van der Waals surface area contributed by atoms with Crippen LogP contribution >= 0.6 is 11.3 Å². The Balaban J connectivity index is 1.54. The van der Waals surface area contributed by atoms with E-state index in [2.05, 4.69) is 15.5 Å². The van der Waals surface area contributed by atoms with E-state index in [1.54, 1.807) is 13.2 Å². The minimum absolute atomic E-state index is 0.162. The van der Waals surface area contributed by atoms with Crippen LogP contribution in [0.15, 0.2) is 53.1 Å². The lowest BCUT2D eigenvalue weighted by atomic mass is 10.1. The minimum atomic E-state index is -0.394. The molecule has 4 rings (SSSR count). The maximum absolute atomic E-state index is 12.5. The van der Waals surface area contributed by atoms with Gasteiger partial charge in [0.05, 0.1) is 29.5 Å². The highest BCUT2D eigenvalue weighted by atomic mass is 32.1. The van der Waals surface area contributed by atoms with Gasteiger partial charge in [-0.15, -0.1) is 0 Å². The Morgan fingerprint density at radius 2 is 2.07 bits per heavy atom. The van der Waals surface area contributed by atoms with E-state index in [0.29, 0.717) is 23.2 Å². The summed E-state index contributed by atoms with van der Waals surface area (Å²) in [5.41, 5.74) is 1.67. The van der Waals surface area contributed by atoms with Crippen LogP contribution in [0.3, 0.4) is 0 Å². The molecule has 142 valence electrons. The lowest BCUT2D eigenvalue weighted by Gasteiger charge is -2.03. The Labute approximate surface area is 164 Å². The first-order chi connectivity index (χ1) is 13.7. The molecule has 0 saturated carbocycles. The summed E-state index contributed by atoms with van der Waals surface area (Å²) in [6.07, 6.45) is 0. The van der Waals surface area contributed by atoms with Crippen molar-refractivity contribution in [2.75, 3.05) is 19.0 Å². The van der Waals surface area contributed by atoms with Crippen molar-refractivity contribution in [2.45, 2.75) is 6.92 Å². The molecular weight excluding hydrogens is 378 g/mol. The van der Waals surface area contributed by atoms with Crippen LogP contribution in [-0.4, -0.2) is 29.8 Å². The number of hydrogen-bond acceptors (Lipinski definition) is 7. The van der Waals surface area contributed by atoms with Crippen LogP contribution < -0.4 is 14.8 Å². The largest absolute Gasteiger partial charge is 0.496 e. The molecule has 0 fully saturated rings. The highest BCUT2D eigenvalue weighted by Gasteiger charge is 2.17. The Hall–Kier alpha value is -3.39. The molecule has 4 aromatic rings. The molecule has 28 heavy (non-hydrogen) atoms. The van der Waals surface area contributed by atoms with Gasteiger partial charge in [-0.2, -0.15) is 0 Å². The zero-order chi connectivity index (χ0) is 19.5. The standard InChI is InChI=1S/C20H17N3O4S/c1-3-26-12-8-9-14-18(10-12)28-20(21-14)22-19(24)15-11-17(27-23-15)13-6-4-5-7-16(13)25-2/h4-11H,3H2,1-2H3,(H,21,22,24). The summed E-state index contributed by atoms with van der Waals surface area (Å²) in [4.78, 5) is 17.0. The molecule has 0 aliphatic rings. The van der Waals surface area contributed by atoms with Crippen molar-refractivity contribution in [3.05, 3.63) is 54.2 Å². The van der Waals surface area contributed by atoms with Crippen molar-refractivity contribution >= 4 is 32.6 Å². The molecule has 0 radical (unpaired) electrons. The van der Waals surface area contributed by atoms with Crippen LogP contribution in [0, 0.1) is 0 Å². The molecule has 0 spiro atoms. The second-order valence-corrected chi connectivity index (χ2v) is 6.84. The normalized spacial score (nSPS) is 10.8. The number of nitrogens with one attached hydrogen (secondary N) is 1. The number of benzene rings is 2. The van der Waals surface area contributed by atoms with E-state index in [1.807, 2.05) is 49.4 Å². The monoisotopic (exact) mass is 395 g/mol. The number of aromatic nitrogens is 2. The summed E-state index contributed by atoms with van der Waals surface area (Å²) >= 11 is 1.37. The maximum Gasteiger partial charge on any atom is 0.279 e. The van der Waals surface area contributed by atoms with Crippen LogP contribution in [0.2, 0.25) is 0 Å². The fourth-order valence-corrected chi connectivity index (χ4v) is 3.62. The first-order valence-corrected chi connectivity index (χ1v) is 9.44. The van der Waals surface area contributed by atoms with Crippen LogP contribution in [0.5, 0.6) is 11.5 Å². The first-order valence-electron chi connectivity index (χ1n) is 8.62. The molecule has 0 atom stereocenters. The number of anilines is 1. The number of thiazole rings is 1. The SMILES string of the molecule is CCOc1ccc2nc(NC(=O)c3cc(-c4ccccc4OC)on3)sc2c1. The van der Waals surface area contributed by atoms with Crippen LogP contribution in [0.4, 0.5) is 5.13 Å². The van der Waals surface area contributed by atoms with E-state index < -0.39 is 5.91 Å². The van der Waals surface area contributed by atoms with Gasteiger partial charge in [0.15, 0.2) is 16.6 Å². The van der Waals surface area contributed by atoms with Crippen molar-refractivity contribution in [2.24, 2.45) is 0 Å². The number of hydrogen-bond donors (Lipinski definition) is 1. The quantitative estimate of drug-likeness (QED) is 0.513. The fourth-order valence-electron chi connectivity index (χ4n) is 2.73. The first kappa shape index (κ1) is 18.0. The third-order valence-corrected chi connectivity index (χ3v) is 4.94. The second kappa shape index (κ2) is 7.69. The molecule has 0 bridgehead atoms. The predicted octanol–water partition coefficient (Wildman–Crippen LogP) is 4.61. The Morgan fingerprint density at radius 1 is 1.21 bits per heavy atom. The summed E-state index contributed by atoms with van der Waals surface area (Å²) in [6.45, 7) is 2.52. The number of ether oxygens (including phenoxy) is 2. The summed E-state index contributed by atoms with van der Waals surface area (Å²) in [5, 5.41) is 7.12. The summed E-state index contributed by atoms with van der Waals surface area (Å²) < 4.78 is 17.1. The number of fused-ring (bicyclic) bond motifs is 1. The van der Waals surface area contributed by atoms with Crippen molar-refractivity contribution in [1.29, 1.82) is 0 Å². The Bertz CT molecular complexity index is 1140. The zero-order valence-corrected chi connectivity index (χ0v) is 16.1. The molecule has 0 saturated heterocycles. The molecule has 2 heterocycles. The van der Waals surface area contributed by atoms with E-state index in [4.69, 9.17) is 14.0 Å². The third-order valence-electron chi connectivity index (χ3n) is 4.01. The number of methoxy groups -OCH3 is 1. The number of carbonyl (C=O) groups is 1. The number of rotatable bonds is 6. The molecule has 0 aliphatic carbocycles. The minimum Gasteiger partial charge on any atom is -0.496 e. The van der Waals surface area contributed by atoms with Gasteiger partial charge in [0.2, 0.25) is 0 Å². The summed E-state index contributed by atoms with van der Waals surface area (Å²) in [5.74, 6) is 1.47. The molecule has 0 unspecified atom stereocenters. The predicted molar refractivity (Wildman–Crippen MR) is 107 cm³/mol. The molecule has 2 aromatic heterocycles. The zero-order valence-electron chi connectivity index (χ0n) is 15.3. The second-order valence-electron chi connectivity index (χ2n) is 5.81. The number of amides is 1. The van der Waals surface area contributed by atoms with Crippen LogP contribution in [-0.2, 0) is 0 Å². The summed E-state index contributed by atoms with van der Waals surface area (Å²) in [6, 6.07) is 14.6. The fraction of sp³-hybridized carbons (Fsp3) is 0.150. The average Bonchev–Trinajstić information content (AvgIpc) is 3.34. The van der Waals surface area contributed by atoms with Gasteiger partial charge >= 0.3 is 0 Å². The van der Waals surface area contributed by atoms with E-state index in [-0.39, 0.29) is 5.69 Å². The van der Waals surface area contributed by atoms with Gasteiger partial charge in [-0.3, -0.25) is 10.1 Å². The highest BCUT2D eigenvalue weighted by Crippen LogP contribution is 2.31. The Morgan fingerprint density at radius 3 is 2.89 bits per heavy atom. The van der Waals surface area contributed by atoms with Gasteiger partial charge in [0, 0.05) is 6.07 Å². The molecular formula is C20H17N3O4S. The summed E-state index contributed by atoms with van der Waals surface area (Å²) in [7, 11) is 1.58. The average molecular weight is 395 g/mol. The van der Waals surface area contributed by atoms with Crippen molar-refractivity contribution < 1.29 is 18.8 Å². The topological polar surface area (TPSA) is 86.5 Å².